The van der Waals surface area contributed by atoms with E-state index < -0.39 is 11.5 Å². The molecule has 0 aliphatic carbocycles. The van der Waals surface area contributed by atoms with Gasteiger partial charge in [-0.05, 0) is 43.3 Å². The maximum Gasteiger partial charge on any atom is 0.338 e. The van der Waals surface area contributed by atoms with E-state index in [1.807, 2.05) is 35.2 Å². The number of rotatable bonds is 7. The fourth-order valence-electron chi connectivity index (χ4n) is 3.45. The van der Waals surface area contributed by atoms with Crippen molar-refractivity contribution in [3.63, 3.8) is 0 Å². The number of nitrogens with one attached hydrogen (secondary N) is 3. The van der Waals surface area contributed by atoms with Crippen LogP contribution >= 0.6 is 35.7 Å². The predicted octanol–water partition coefficient (Wildman–Crippen LogP) is 2.77. The summed E-state index contributed by atoms with van der Waals surface area (Å²) in [4.78, 5) is 38.8. The van der Waals surface area contributed by atoms with Gasteiger partial charge < -0.3 is 20.3 Å². The molecule has 33 heavy (non-hydrogen) atoms. The SMILES string of the molecule is CCOC(=O)c1ccc(NC(=O)CSC2NC(=O)C3SC(=S)N(c4ccccc4)C3N2)cc1. The molecule has 2 aliphatic rings. The minimum absolute atomic E-state index is 0.114. The summed E-state index contributed by atoms with van der Waals surface area (Å²) in [6, 6.07) is 16.2. The van der Waals surface area contributed by atoms with Crippen LogP contribution in [0.2, 0.25) is 0 Å². The molecule has 2 saturated heterocycles. The molecule has 0 aromatic heterocycles. The fraction of sp³-hybridized carbons (Fsp3) is 0.273. The molecule has 3 unspecified atom stereocenters. The Morgan fingerprint density at radius 3 is 2.61 bits per heavy atom. The number of esters is 1. The van der Waals surface area contributed by atoms with Gasteiger partial charge in [0, 0.05) is 11.4 Å². The minimum atomic E-state index is -0.441. The number of hydrogen-bond donors (Lipinski definition) is 3. The van der Waals surface area contributed by atoms with E-state index in [-0.39, 0.29) is 29.0 Å². The molecule has 0 bridgehead atoms. The standard InChI is InChI=1S/C22H22N4O4S3/c1-2-30-20(29)13-8-10-14(11-9-13)23-16(27)12-32-21-24-18-17(19(28)25-21)33-22(31)26(18)15-6-4-3-5-7-15/h3-11,17-18,21,24H,2,12H2,1H3,(H,23,27)(H,25,28). The van der Waals surface area contributed by atoms with Gasteiger partial charge in [-0.1, -0.05) is 42.2 Å². The van der Waals surface area contributed by atoms with Gasteiger partial charge in [0.1, 0.15) is 21.2 Å². The van der Waals surface area contributed by atoms with Crippen molar-refractivity contribution in [3.8, 4) is 0 Å². The molecule has 2 aliphatic heterocycles. The number of nitrogens with zero attached hydrogens (tertiary/aromatic N) is 1. The average molecular weight is 503 g/mol. The van der Waals surface area contributed by atoms with Crippen molar-refractivity contribution in [3.05, 3.63) is 60.2 Å². The van der Waals surface area contributed by atoms with Crippen LogP contribution in [0.1, 0.15) is 17.3 Å². The highest BCUT2D eigenvalue weighted by atomic mass is 32.2. The largest absolute Gasteiger partial charge is 0.462 e. The van der Waals surface area contributed by atoms with Gasteiger partial charge in [0.2, 0.25) is 11.8 Å². The van der Waals surface area contributed by atoms with Crippen LogP contribution in [0.4, 0.5) is 11.4 Å². The molecular formula is C22H22N4O4S3. The van der Waals surface area contributed by atoms with Gasteiger partial charge in [0.15, 0.2) is 0 Å². The van der Waals surface area contributed by atoms with E-state index in [4.69, 9.17) is 17.0 Å². The van der Waals surface area contributed by atoms with E-state index in [0.29, 0.717) is 22.2 Å². The normalized spacial score (nSPS) is 21.8. The van der Waals surface area contributed by atoms with Gasteiger partial charge in [-0.15, -0.1) is 11.8 Å². The van der Waals surface area contributed by atoms with Crippen molar-refractivity contribution in [2.45, 2.75) is 23.8 Å². The summed E-state index contributed by atoms with van der Waals surface area (Å²) in [6.45, 7) is 2.04. The second kappa shape index (κ2) is 10.6. The summed E-state index contributed by atoms with van der Waals surface area (Å²) < 4.78 is 5.58. The molecule has 0 saturated carbocycles. The second-order valence-electron chi connectivity index (χ2n) is 7.17. The molecule has 2 aromatic carbocycles. The number of anilines is 2. The van der Waals surface area contributed by atoms with Crippen molar-refractivity contribution in [1.82, 2.24) is 10.6 Å². The van der Waals surface area contributed by atoms with E-state index in [1.165, 1.54) is 23.5 Å². The quantitative estimate of drug-likeness (QED) is 0.390. The Morgan fingerprint density at radius 1 is 1.18 bits per heavy atom. The van der Waals surface area contributed by atoms with E-state index in [0.717, 1.165) is 5.69 Å². The molecule has 2 fully saturated rings. The van der Waals surface area contributed by atoms with Crippen LogP contribution in [0.15, 0.2) is 54.6 Å². The zero-order valence-electron chi connectivity index (χ0n) is 17.6. The molecule has 2 aromatic rings. The molecule has 2 heterocycles. The van der Waals surface area contributed by atoms with E-state index in [1.54, 1.807) is 31.2 Å². The zero-order chi connectivity index (χ0) is 23.4. The number of thiocarbonyl (C=S) groups is 1. The molecule has 0 spiro atoms. The van der Waals surface area contributed by atoms with Crippen LogP contribution in [0.5, 0.6) is 0 Å². The molecule has 4 rings (SSSR count). The first-order valence-corrected chi connectivity index (χ1v) is 12.6. The molecular weight excluding hydrogens is 480 g/mol. The molecule has 11 heteroatoms. The van der Waals surface area contributed by atoms with Gasteiger partial charge in [0.05, 0.1) is 17.9 Å². The number of carbonyl (C=O) groups excluding carboxylic acids is 3. The molecule has 3 atom stereocenters. The summed E-state index contributed by atoms with van der Waals surface area (Å²) >= 11 is 8.15. The molecule has 3 N–H and O–H groups in total. The highest BCUT2D eigenvalue weighted by Gasteiger charge is 2.47. The van der Waals surface area contributed by atoms with Crippen molar-refractivity contribution in [1.29, 1.82) is 0 Å². The Bertz CT molecular complexity index is 1050. The maximum absolute atomic E-state index is 12.7. The Morgan fingerprint density at radius 2 is 1.91 bits per heavy atom. The summed E-state index contributed by atoms with van der Waals surface area (Å²) in [7, 11) is 0. The first-order valence-electron chi connectivity index (χ1n) is 10.3. The third-order valence-corrected chi connectivity index (χ3v) is 7.56. The van der Waals surface area contributed by atoms with E-state index in [9.17, 15) is 14.4 Å². The van der Waals surface area contributed by atoms with Gasteiger partial charge in [-0.25, -0.2) is 4.79 Å². The first kappa shape index (κ1) is 23.6. The monoisotopic (exact) mass is 502 g/mol. The number of carbonyl (C=O) groups is 3. The van der Waals surface area contributed by atoms with Crippen molar-refractivity contribution < 1.29 is 19.1 Å². The predicted molar refractivity (Wildman–Crippen MR) is 135 cm³/mol. The van der Waals surface area contributed by atoms with Crippen LogP contribution in [-0.4, -0.2) is 51.4 Å². The lowest BCUT2D eigenvalue weighted by Gasteiger charge is -2.36. The Kier molecular flexibility index (Phi) is 7.53. The lowest BCUT2D eigenvalue weighted by molar-refractivity contribution is -0.122. The molecule has 2 amide bonds. The summed E-state index contributed by atoms with van der Waals surface area (Å²) in [6.07, 6.45) is -0.297. The lowest BCUT2D eigenvalue weighted by atomic mass is 10.2. The van der Waals surface area contributed by atoms with Gasteiger partial charge in [0.25, 0.3) is 0 Å². The highest BCUT2D eigenvalue weighted by molar-refractivity contribution is 8.24. The summed E-state index contributed by atoms with van der Waals surface area (Å²) in [5.74, 6) is -0.620. The topological polar surface area (TPSA) is 99.8 Å². The van der Waals surface area contributed by atoms with Crippen LogP contribution in [0.3, 0.4) is 0 Å². The number of amides is 2. The number of thioether (sulfide) groups is 2. The summed E-state index contributed by atoms with van der Waals surface area (Å²) in [5.41, 5.74) is 1.46. The number of benzene rings is 2. The minimum Gasteiger partial charge on any atom is -0.462 e. The fourth-order valence-corrected chi connectivity index (χ4v) is 5.86. The molecule has 172 valence electrons. The van der Waals surface area contributed by atoms with Crippen molar-refractivity contribution in [2.24, 2.45) is 0 Å². The average Bonchev–Trinajstić information content (AvgIpc) is 3.15. The lowest BCUT2D eigenvalue weighted by Crippen LogP contribution is -2.64. The van der Waals surface area contributed by atoms with Crippen LogP contribution in [0.25, 0.3) is 0 Å². The zero-order valence-corrected chi connectivity index (χ0v) is 20.1. The van der Waals surface area contributed by atoms with Crippen LogP contribution in [-0.2, 0) is 14.3 Å². The Balaban J connectivity index is 1.33. The Hall–Kier alpha value is -2.60. The number of ether oxygens (including phenoxy) is 1. The van der Waals surface area contributed by atoms with E-state index in [2.05, 4.69) is 16.0 Å². The number of para-hydroxylation sites is 1. The third kappa shape index (κ3) is 5.49. The van der Waals surface area contributed by atoms with E-state index >= 15 is 0 Å². The van der Waals surface area contributed by atoms with Crippen LogP contribution in [0, 0.1) is 0 Å². The molecule has 0 radical (unpaired) electrons. The van der Waals surface area contributed by atoms with Crippen molar-refractivity contribution >= 4 is 69.2 Å². The maximum atomic E-state index is 12.7. The second-order valence-corrected chi connectivity index (χ2v) is 10.0. The smallest absolute Gasteiger partial charge is 0.338 e. The van der Waals surface area contributed by atoms with Crippen LogP contribution < -0.4 is 20.9 Å². The van der Waals surface area contributed by atoms with Gasteiger partial charge >= 0.3 is 5.97 Å². The molecule has 8 nitrogen and oxygen atoms in total. The highest BCUT2D eigenvalue weighted by Crippen LogP contribution is 2.37. The summed E-state index contributed by atoms with van der Waals surface area (Å²) in [5, 5.41) is 8.73. The number of fused-ring (bicyclic) bond motifs is 1. The van der Waals surface area contributed by atoms with Gasteiger partial charge in [-0.2, -0.15) is 0 Å². The first-order chi connectivity index (χ1) is 16.0. The van der Waals surface area contributed by atoms with Crippen molar-refractivity contribution in [2.75, 3.05) is 22.6 Å². The third-order valence-electron chi connectivity index (χ3n) is 4.94. The number of hydrogen-bond acceptors (Lipinski definition) is 8. The van der Waals surface area contributed by atoms with Gasteiger partial charge in [-0.3, -0.25) is 14.9 Å². The Labute approximate surface area is 205 Å².